The first-order chi connectivity index (χ1) is 68.4. The van der Waals surface area contributed by atoms with Gasteiger partial charge in [-0.15, -0.1) is 11.3 Å². The third kappa shape index (κ3) is 36.4. The Kier molecular flexibility index (Phi) is 43.7. The van der Waals surface area contributed by atoms with Gasteiger partial charge in [0.1, 0.15) is 56.1 Å². The Morgan fingerprint density at radius 3 is 0.958 bits per heavy atom. The molecule has 0 aliphatic rings. The minimum atomic E-state index is -0.457. The molecule has 7 heterocycles. The molecule has 0 bridgehead atoms. The van der Waals surface area contributed by atoms with E-state index in [1.54, 1.807) is 96.9 Å². The summed E-state index contributed by atoms with van der Waals surface area (Å²) in [6.07, 6.45) is 9.17. The van der Waals surface area contributed by atoms with Crippen molar-refractivity contribution >= 4 is 127 Å². The molecule has 0 saturated carbocycles. The second-order valence-electron chi connectivity index (χ2n) is 35.7. The number of thiophene rings is 1. The lowest BCUT2D eigenvalue weighted by molar-refractivity contribution is 0.0428. The molecule has 0 spiro atoms. The summed E-state index contributed by atoms with van der Waals surface area (Å²) in [5, 5.41) is 4.84. The third-order valence-corrected chi connectivity index (χ3v) is 22.2. The molecule has 34 heteroatoms. The van der Waals surface area contributed by atoms with Gasteiger partial charge in [0.2, 0.25) is 11.5 Å². The number of furan rings is 6. The van der Waals surface area contributed by atoms with Crippen LogP contribution in [0.4, 0.5) is 79.6 Å². The molecular weight excluding hydrogens is 1850 g/mol. The van der Waals surface area contributed by atoms with Gasteiger partial charge in [0.05, 0.1) is 60.8 Å². The fourth-order valence-corrected chi connectivity index (χ4v) is 13.5. The number of ether oxygens (including phenoxy) is 6. The normalized spacial score (nSPS) is 10.3. The van der Waals surface area contributed by atoms with Crippen molar-refractivity contribution in [2.24, 2.45) is 0 Å². The number of nitrogens with one attached hydrogen (secondary N) is 1. The summed E-state index contributed by atoms with van der Waals surface area (Å²) in [5.74, 6) is 1.52. The van der Waals surface area contributed by atoms with E-state index in [-0.39, 0.29) is 55.1 Å². The molecule has 7 aromatic carbocycles. The van der Waals surface area contributed by atoms with E-state index >= 15 is 0 Å². The van der Waals surface area contributed by atoms with Crippen LogP contribution in [0.3, 0.4) is 0 Å². The highest BCUT2D eigenvalue weighted by Gasteiger charge is 2.22. The van der Waals surface area contributed by atoms with Crippen LogP contribution in [0.2, 0.25) is 0 Å². The van der Waals surface area contributed by atoms with E-state index < -0.39 is 17.9 Å². The van der Waals surface area contributed by atoms with Gasteiger partial charge in [-0.2, -0.15) is 0 Å². The van der Waals surface area contributed by atoms with E-state index in [2.05, 4.69) is 33.3 Å². The SMILES string of the molecule is CN(C)c1cc(C(=O)NCc2ccco2)cc(N(C)C)c1.CN(C)c1cc(C(=O)OCc2ccco2)cc(N(C)C)c1.CN(C)c1cc(C(=O)OCc2cccs2)cc(N(C)C)c1.CN(C)c1cc(C(=O)Oc2ccco2)cc(N(C)C)c1.CN(C)c1cc(COC(=O)c2ccco2)cc(N(C)C)c1.CN(C)c1cc(OCc2ccco2)cc(N(C)C)c1.CN(C)c1ccc(COC(=O)c2ccco2)c(N(C)C)c1. The van der Waals surface area contributed by atoms with Gasteiger partial charge < -0.3 is 129 Å². The molecule has 0 atom stereocenters. The number of hydrogen-bond donors (Lipinski definition) is 1. The van der Waals surface area contributed by atoms with Crippen LogP contribution >= 0.6 is 11.3 Å². The van der Waals surface area contributed by atoms with E-state index in [0.29, 0.717) is 47.8 Å². The molecule has 768 valence electrons. The highest BCUT2D eigenvalue weighted by atomic mass is 32.1. The molecule has 7 aromatic heterocycles. The van der Waals surface area contributed by atoms with Crippen LogP contribution in [0.5, 0.6) is 11.7 Å². The molecule has 14 aromatic rings. The molecule has 1 N–H and O–H groups in total. The smallest absolute Gasteiger partial charge is 0.374 e. The Morgan fingerprint density at radius 2 is 0.604 bits per heavy atom. The first-order valence-electron chi connectivity index (χ1n) is 45.9. The van der Waals surface area contributed by atoms with Crippen molar-refractivity contribution in [3.63, 3.8) is 0 Å². The maximum Gasteiger partial charge on any atom is 0.374 e. The number of carbonyl (C=O) groups excluding carboxylic acids is 6. The summed E-state index contributed by atoms with van der Waals surface area (Å²) in [6.45, 7) is 1.70. The van der Waals surface area contributed by atoms with E-state index in [4.69, 9.17) is 54.9 Å². The number of carbonyl (C=O) groups is 6. The first-order valence-corrected chi connectivity index (χ1v) is 46.8. The maximum absolute atomic E-state index is 12.3. The highest BCUT2D eigenvalue weighted by molar-refractivity contribution is 7.09. The number of anilines is 14. The molecule has 0 radical (unpaired) electrons. The predicted molar refractivity (Wildman–Crippen MR) is 579 cm³/mol. The number of nitrogens with zero attached hydrogens (tertiary/aromatic N) is 14. The zero-order valence-corrected chi connectivity index (χ0v) is 88.8. The molecule has 0 saturated heterocycles. The number of esters is 5. The zero-order chi connectivity index (χ0) is 106. The lowest BCUT2D eigenvalue weighted by atomic mass is 10.1. The first kappa shape index (κ1) is 113. The standard InChI is InChI=1S/C16H21N3O2.3C16H20N2O3.C16H20N2O2S.C15H18N2O3.C15H20N2O2/c1-18(2)13-8-12(9-14(10-13)19(3)4)16(20)17-11-15-6-5-7-21-15;1-17(2)13-8-7-12(14(10-13)18(3)4)11-21-16(19)15-6-5-9-20-15;1-17(2)13-8-12(9-14(10-13)18(3)4)16(19)21-11-15-6-5-7-20-15;1-17(2)13-8-12(9-14(10-13)18(3)4)11-21-16(19)15-6-5-7-20-15;1-17(2)13-8-12(9-14(10-13)18(3)4)16(19)20-11-15-6-5-7-21-15;1-16(2)12-8-11(9-13(10-12)17(3)4)15(18)20-14-6-5-7-19-14;1-16(2)12-8-13(17(3)4)10-15(9-12)19-11-14-6-5-7-18-14/h5-10H,11H2,1-4H3,(H,17,20);4*5-10H,11H2,1-4H3;5-10H,1-4H3;5-10H,11H2,1-4H3. The topological polar surface area (TPSA) is 294 Å². The lowest BCUT2D eigenvalue weighted by Crippen LogP contribution is -2.23. The summed E-state index contributed by atoms with van der Waals surface area (Å²) in [7, 11) is 55.0. The van der Waals surface area contributed by atoms with Crippen molar-refractivity contribution in [2.75, 3.05) is 266 Å². The van der Waals surface area contributed by atoms with Crippen LogP contribution in [0.25, 0.3) is 0 Å². The van der Waals surface area contributed by atoms with E-state index in [1.807, 2.05) is 389 Å². The van der Waals surface area contributed by atoms with E-state index in [9.17, 15) is 28.8 Å². The molecule has 33 nitrogen and oxygen atoms in total. The average Bonchev–Trinajstić information content (AvgIpc) is 1.42. The summed E-state index contributed by atoms with van der Waals surface area (Å²) in [5.41, 5.74) is 18.3. The fraction of sp³-hybridized carbons (Fsp3) is 0.309. The largest absolute Gasteiger partial charge is 0.486 e. The molecule has 0 unspecified atom stereocenters. The number of benzene rings is 7. The Bertz CT molecular complexity index is 5830. The Hall–Kier alpha value is -16.3. The fourth-order valence-electron chi connectivity index (χ4n) is 12.9. The van der Waals surface area contributed by atoms with Gasteiger partial charge in [0, 0.05) is 311 Å². The van der Waals surface area contributed by atoms with Crippen molar-refractivity contribution in [3.8, 4) is 11.7 Å². The number of hydrogen-bond acceptors (Lipinski definition) is 33. The quantitative estimate of drug-likeness (QED) is 0.0289. The van der Waals surface area contributed by atoms with Crippen molar-refractivity contribution in [1.82, 2.24) is 5.32 Å². The molecule has 144 heavy (non-hydrogen) atoms. The van der Waals surface area contributed by atoms with Gasteiger partial charge in [-0.3, -0.25) is 4.79 Å². The second kappa shape index (κ2) is 55.7. The number of amides is 1. The van der Waals surface area contributed by atoms with Crippen LogP contribution in [-0.4, -0.2) is 233 Å². The van der Waals surface area contributed by atoms with Crippen molar-refractivity contribution in [3.05, 3.63) is 322 Å². The zero-order valence-electron chi connectivity index (χ0n) is 88.0. The lowest BCUT2D eigenvalue weighted by Gasteiger charge is -2.21. The van der Waals surface area contributed by atoms with Gasteiger partial charge in [-0.1, -0.05) is 12.1 Å². The van der Waals surface area contributed by atoms with E-state index in [1.165, 1.54) is 18.8 Å². The minimum Gasteiger partial charge on any atom is -0.486 e. The maximum atomic E-state index is 12.3. The molecule has 0 fully saturated rings. The Morgan fingerprint density at radius 1 is 0.271 bits per heavy atom. The Balaban J connectivity index is 0.000000205. The van der Waals surface area contributed by atoms with Gasteiger partial charge in [0.15, 0.2) is 0 Å². The molecular formula is C110H139N15O18S. The minimum absolute atomic E-state index is 0.113. The second-order valence-corrected chi connectivity index (χ2v) is 36.7. The van der Waals surface area contributed by atoms with Gasteiger partial charge in [-0.25, -0.2) is 24.0 Å². The Labute approximate surface area is 850 Å². The van der Waals surface area contributed by atoms with Crippen LogP contribution < -0.4 is 83.4 Å². The predicted octanol–water partition coefficient (Wildman–Crippen LogP) is 19.5. The van der Waals surface area contributed by atoms with Crippen molar-refractivity contribution in [1.29, 1.82) is 0 Å². The highest BCUT2D eigenvalue weighted by Crippen LogP contribution is 2.34. The van der Waals surface area contributed by atoms with Crippen molar-refractivity contribution in [2.45, 2.75) is 39.6 Å². The van der Waals surface area contributed by atoms with Crippen LogP contribution in [-0.2, 0) is 58.5 Å². The monoisotopic (exact) mass is 1990 g/mol. The molecule has 14 rings (SSSR count). The molecule has 1 amide bonds. The summed E-state index contributed by atoms with van der Waals surface area (Å²) >= 11 is 1.58. The van der Waals surface area contributed by atoms with Crippen LogP contribution in [0, 0.1) is 0 Å². The number of rotatable bonds is 34. The van der Waals surface area contributed by atoms with E-state index in [0.717, 1.165) is 113 Å². The molecule has 0 aliphatic heterocycles. The third-order valence-electron chi connectivity index (χ3n) is 21.4. The summed E-state index contributed by atoms with van der Waals surface area (Å²) < 4.78 is 62.8. The van der Waals surface area contributed by atoms with Gasteiger partial charge in [0.25, 0.3) is 11.9 Å². The van der Waals surface area contributed by atoms with Crippen molar-refractivity contribution < 1.29 is 83.7 Å². The van der Waals surface area contributed by atoms with Gasteiger partial charge >= 0.3 is 29.8 Å². The summed E-state index contributed by atoms with van der Waals surface area (Å²) in [4.78, 5) is 101. The summed E-state index contributed by atoms with van der Waals surface area (Å²) in [6, 6.07) is 65.7. The molecule has 0 aliphatic carbocycles. The van der Waals surface area contributed by atoms with Gasteiger partial charge in [-0.05, 0) is 193 Å². The van der Waals surface area contributed by atoms with Crippen LogP contribution in [0.15, 0.2) is 282 Å². The average molecular weight is 1990 g/mol. The van der Waals surface area contributed by atoms with Crippen LogP contribution in [0.1, 0.15) is 95.8 Å².